The summed E-state index contributed by atoms with van der Waals surface area (Å²) in [5.74, 6) is 0.525. The van der Waals surface area contributed by atoms with Crippen molar-refractivity contribution in [2.75, 3.05) is 0 Å². The quantitative estimate of drug-likeness (QED) is 0.574. The van der Waals surface area contributed by atoms with Gasteiger partial charge in [-0.2, -0.15) is 0 Å². The molecule has 0 spiro atoms. The van der Waals surface area contributed by atoms with Crippen LogP contribution in [0.15, 0.2) is 59.6 Å². The summed E-state index contributed by atoms with van der Waals surface area (Å²) >= 11 is 3.79. The van der Waals surface area contributed by atoms with Gasteiger partial charge >= 0.3 is 0 Å². The van der Waals surface area contributed by atoms with Gasteiger partial charge in [-0.3, -0.25) is 9.79 Å². The molecule has 1 saturated carbocycles. The van der Waals surface area contributed by atoms with Gasteiger partial charge in [0.15, 0.2) is 0 Å². The van der Waals surface area contributed by atoms with Crippen LogP contribution in [0.25, 0.3) is 0 Å². The number of fused-ring (bicyclic) bond motifs is 1. The van der Waals surface area contributed by atoms with Crippen LogP contribution in [0.4, 0.5) is 0 Å². The number of hydrogen-bond acceptors (Lipinski definition) is 3. The Morgan fingerprint density at radius 2 is 1.81 bits per heavy atom. The van der Waals surface area contributed by atoms with E-state index in [1.807, 2.05) is 24.3 Å². The summed E-state index contributed by atoms with van der Waals surface area (Å²) in [6, 6.07) is 17.0. The molecule has 4 nitrogen and oxygen atoms in total. The van der Waals surface area contributed by atoms with Crippen LogP contribution >= 0.6 is 15.9 Å². The van der Waals surface area contributed by atoms with E-state index >= 15 is 0 Å². The smallest absolute Gasteiger partial charge is 0.245 e. The molecule has 2 aliphatic rings. The zero-order chi connectivity index (χ0) is 18.8. The largest absolute Gasteiger partial charge is 0.507 e. The van der Waals surface area contributed by atoms with Crippen molar-refractivity contribution in [3.8, 4) is 5.75 Å². The fourth-order valence-electron chi connectivity index (χ4n) is 4.42. The number of nitrogens with zero attached hydrogens (tertiary/aromatic N) is 1. The average molecular weight is 427 g/mol. The molecule has 1 heterocycles. The maximum atomic E-state index is 12.9. The van der Waals surface area contributed by atoms with E-state index in [1.165, 1.54) is 0 Å². The van der Waals surface area contributed by atoms with Crippen LogP contribution < -0.4 is 5.32 Å². The van der Waals surface area contributed by atoms with E-state index in [4.69, 9.17) is 0 Å². The van der Waals surface area contributed by atoms with Crippen LogP contribution in [-0.4, -0.2) is 34.1 Å². The van der Waals surface area contributed by atoms with E-state index in [1.54, 1.807) is 24.4 Å². The minimum atomic E-state index is -0.494. The highest BCUT2D eigenvalue weighted by Gasteiger charge is 2.46. The van der Waals surface area contributed by atoms with E-state index in [2.05, 4.69) is 38.4 Å². The van der Waals surface area contributed by atoms with Crippen LogP contribution in [0, 0.1) is 5.92 Å². The molecular formula is C22H23BrN2O2. The molecule has 5 unspecified atom stereocenters. The summed E-state index contributed by atoms with van der Waals surface area (Å²) in [7, 11) is 0. The molecule has 1 aliphatic heterocycles. The number of hydrogen-bond donors (Lipinski definition) is 2. The average Bonchev–Trinajstić information content (AvgIpc) is 2.68. The van der Waals surface area contributed by atoms with Crippen LogP contribution in [0.1, 0.15) is 36.3 Å². The zero-order valence-electron chi connectivity index (χ0n) is 15.0. The Hall–Kier alpha value is -2.14. The Labute approximate surface area is 167 Å². The summed E-state index contributed by atoms with van der Waals surface area (Å²) in [5.41, 5.74) is 1.78. The minimum Gasteiger partial charge on any atom is -0.507 e. The lowest BCUT2D eigenvalue weighted by atomic mass is 9.68. The number of para-hydroxylation sites is 1. The molecule has 1 saturated heterocycles. The molecule has 2 aromatic carbocycles. The molecule has 2 fully saturated rings. The lowest BCUT2D eigenvalue weighted by Crippen LogP contribution is -2.57. The number of rotatable bonds is 3. The molecule has 2 aromatic rings. The Morgan fingerprint density at radius 3 is 2.59 bits per heavy atom. The number of halogens is 1. The number of amides is 1. The van der Waals surface area contributed by atoms with Gasteiger partial charge in [0.1, 0.15) is 11.8 Å². The van der Waals surface area contributed by atoms with Gasteiger partial charge in [0, 0.05) is 28.6 Å². The standard InChI is InChI=1S/C22H23BrN2O2/c23-16-10-11-18-17(12-16)20(14-6-2-1-3-7-14)21(22(27)25-18)24-13-15-8-4-5-9-19(15)26/h1-9,13,16-18,20-21,26H,10-12H2,(H,25,27). The Balaban J connectivity index is 1.71. The van der Waals surface area contributed by atoms with Gasteiger partial charge in [0.05, 0.1) is 0 Å². The second kappa shape index (κ2) is 7.85. The van der Waals surface area contributed by atoms with E-state index in [0.29, 0.717) is 16.3 Å². The molecule has 1 amide bonds. The highest BCUT2D eigenvalue weighted by atomic mass is 79.9. The number of aliphatic imine (C=N–C) groups is 1. The molecule has 2 N–H and O–H groups in total. The van der Waals surface area contributed by atoms with Crippen LogP contribution in [0.5, 0.6) is 5.75 Å². The van der Waals surface area contributed by atoms with Crippen molar-refractivity contribution >= 4 is 28.1 Å². The number of nitrogens with one attached hydrogen (secondary N) is 1. The van der Waals surface area contributed by atoms with Gasteiger partial charge in [-0.05, 0) is 42.9 Å². The van der Waals surface area contributed by atoms with Crippen molar-refractivity contribution in [1.82, 2.24) is 5.32 Å². The SMILES string of the molecule is O=C1NC2CCC(Br)CC2C(c2ccccc2)C1N=Cc1ccccc1O. The van der Waals surface area contributed by atoms with Gasteiger partial charge in [-0.15, -0.1) is 0 Å². The number of carbonyl (C=O) groups is 1. The normalized spacial score (nSPS) is 30.7. The number of phenols is 1. The third-order valence-electron chi connectivity index (χ3n) is 5.73. The lowest BCUT2D eigenvalue weighted by molar-refractivity contribution is -0.127. The fourth-order valence-corrected chi connectivity index (χ4v) is 5.11. The third kappa shape index (κ3) is 3.79. The first-order valence-corrected chi connectivity index (χ1v) is 10.4. The minimum absolute atomic E-state index is 0.0233. The maximum Gasteiger partial charge on any atom is 0.245 e. The number of carbonyl (C=O) groups excluding carboxylic acids is 1. The molecule has 1 aliphatic carbocycles. The van der Waals surface area contributed by atoms with E-state index in [9.17, 15) is 9.90 Å². The predicted octanol–water partition coefficient (Wildman–Crippen LogP) is 4.03. The molecule has 27 heavy (non-hydrogen) atoms. The van der Waals surface area contributed by atoms with Crippen molar-refractivity contribution in [3.05, 3.63) is 65.7 Å². The number of piperidine rings is 1. The third-order valence-corrected chi connectivity index (χ3v) is 6.56. The molecule has 0 aromatic heterocycles. The molecule has 5 heteroatoms. The first-order valence-electron chi connectivity index (χ1n) is 9.44. The summed E-state index contributed by atoms with van der Waals surface area (Å²) in [5, 5.41) is 13.2. The van der Waals surface area contributed by atoms with Crippen molar-refractivity contribution in [1.29, 1.82) is 0 Å². The van der Waals surface area contributed by atoms with E-state index < -0.39 is 6.04 Å². The summed E-state index contributed by atoms with van der Waals surface area (Å²) in [4.78, 5) is 18.1. The topological polar surface area (TPSA) is 61.7 Å². The van der Waals surface area contributed by atoms with Crippen molar-refractivity contribution in [2.24, 2.45) is 10.9 Å². The molecule has 5 atom stereocenters. The van der Waals surface area contributed by atoms with Gasteiger partial charge < -0.3 is 10.4 Å². The molecule has 4 rings (SSSR count). The van der Waals surface area contributed by atoms with Gasteiger partial charge in [0.2, 0.25) is 5.91 Å². The highest BCUT2D eigenvalue weighted by molar-refractivity contribution is 9.09. The van der Waals surface area contributed by atoms with Crippen LogP contribution in [0.3, 0.4) is 0 Å². The van der Waals surface area contributed by atoms with Crippen molar-refractivity contribution < 1.29 is 9.90 Å². The monoisotopic (exact) mass is 426 g/mol. The first-order chi connectivity index (χ1) is 13.1. The van der Waals surface area contributed by atoms with Gasteiger partial charge in [0.25, 0.3) is 0 Å². The zero-order valence-corrected chi connectivity index (χ0v) is 16.5. The summed E-state index contributed by atoms with van der Waals surface area (Å²) < 4.78 is 0. The first kappa shape index (κ1) is 18.2. The molecular weight excluding hydrogens is 404 g/mol. The summed E-state index contributed by atoms with van der Waals surface area (Å²) in [6.45, 7) is 0. The second-order valence-corrected chi connectivity index (χ2v) is 8.70. The number of aromatic hydroxyl groups is 1. The summed E-state index contributed by atoms with van der Waals surface area (Å²) in [6.07, 6.45) is 4.72. The number of alkyl halides is 1. The van der Waals surface area contributed by atoms with Gasteiger partial charge in [-0.25, -0.2) is 0 Å². The number of phenolic OH excluding ortho intramolecular Hbond substituents is 1. The Bertz CT molecular complexity index is 839. The van der Waals surface area contributed by atoms with Crippen LogP contribution in [-0.2, 0) is 4.79 Å². The maximum absolute atomic E-state index is 12.9. The number of benzene rings is 2. The van der Waals surface area contributed by atoms with Crippen molar-refractivity contribution in [3.63, 3.8) is 0 Å². The Morgan fingerprint density at radius 1 is 1.07 bits per heavy atom. The second-order valence-electron chi connectivity index (χ2n) is 7.41. The predicted molar refractivity (Wildman–Crippen MR) is 111 cm³/mol. The van der Waals surface area contributed by atoms with Gasteiger partial charge in [-0.1, -0.05) is 58.4 Å². The highest BCUT2D eigenvalue weighted by Crippen LogP contribution is 2.44. The fraction of sp³-hybridized carbons (Fsp3) is 0.364. The molecule has 0 radical (unpaired) electrons. The molecule has 0 bridgehead atoms. The molecule has 140 valence electrons. The van der Waals surface area contributed by atoms with E-state index in [-0.39, 0.29) is 23.6 Å². The van der Waals surface area contributed by atoms with Crippen LogP contribution in [0.2, 0.25) is 0 Å². The van der Waals surface area contributed by atoms with E-state index in [0.717, 1.165) is 24.8 Å². The van der Waals surface area contributed by atoms with Crippen molar-refractivity contribution in [2.45, 2.75) is 42.1 Å². The Kier molecular flexibility index (Phi) is 5.30. The lowest BCUT2D eigenvalue weighted by Gasteiger charge is -2.45.